The Morgan fingerprint density at radius 2 is 1.19 bits per heavy atom. The fourth-order valence-electron chi connectivity index (χ4n) is 3.05. The minimum Gasteiger partial charge on any atom is -0.349 e. The summed E-state index contributed by atoms with van der Waals surface area (Å²) in [5.41, 5.74) is 3.09. The molecule has 0 atom stereocenters. The van der Waals surface area contributed by atoms with Crippen LogP contribution in [0.5, 0.6) is 0 Å². The molecule has 0 aliphatic heterocycles. The predicted octanol–water partition coefficient (Wildman–Crippen LogP) is 6.71. The number of para-hydroxylation sites is 1. The number of rotatable bonds is 13. The van der Waals surface area contributed by atoms with E-state index in [-0.39, 0.29) is 13.2 Å². The molecule has 3 rings (SSSR count). The Balaban J connectivity index is 1.83. The van der Waals surface area contributed by atoms with Crippen molar-refractivity contribution in [2.24, 2.45) is 0 Å². The van der Waals surface area contributed by atoms with Gasteiger partial charge in [0.2, 0.25) is 0 Å². The molecule has 32 heavy (non-hydrogen) atoms. The molecule has 0 spiro atoms. The summed E-state index contributed by atoms with van der Waals surface area (Å²) in [6.07, 6.45) is -0.592. The lowest BCUT2D eigenvalue weighted by Gasteiger charge is -2.24. The van der Waals surface area contributed by atoms with E-state index in [0.717, 1.165) is 16.7 Å². The van der Waals surface area contributed by atoms with Crippen molar-refractivity contribution in [3.8, 4) is 0 Å². The molecular weight excluding hydrogens is 425 g/mol. The third-order valence-electron chi connectivity index (χ3n) is 4.60. The van der Waals surface area contributed by atoms with Crippen molar-refractivity contribution in [2.75, 3.05) is 18.3 Å². The highest BCUT2D eigenvalue weighted by Crippen LogP contribution is 2.50. The van der Waals surface area contributed by atoms with E-state index < -0.39 is 14.0 Å². The van der Waals surface area contributed by atoms with Gasteiger partial charge in [-0.2, -0.15) is 0 Å². The standard InChI is InChI=1S/C25H30NO5P/c1-3-28-25(29-4-2)23-17-11-12-18-24(23)26-32(27,30-19-21-13-7-5-8-14-21)31-20-22-15-9-6-10-16-22/h5-18,25H,3-4,19-20H2,1-2H3,(H,26,27). The van der Waals surface area contributed by atoms with Crippen LogP contribution in [-0.4, -0.2) is 13.2 Å². The van der Waals surface area contributed by atoms with E-state index in [0.29, 0.717) is 18.9 Å². The highest BCUT2D eigenvalue weighted by atomic mass is 31.2. The van der Waals surface area contributed by atoms with Gasteiger partial charge < -0.3 is 9.47 Å². The molecule has 170 valence electrons. The van der Waals surface area contributed by atoms with Crippen molar-refractivity contribution < 1.29 is 23.1 Å². The summed E-state index contributed by atoms with van der Waals surface area (Å²) < 4.78 is 37.0. The number of benzene rings is 3. The van der Waals surface area contributed by atoms with Crippen molar-refractivity contribution >= 4 is 13.4 Å². The molecule has 0 aliphatic rings. The van der Waals surface area contributed by atoms with Gasteiger partial charge >= 0.3 is 7.75 Å². The van der Waals surface area contributed by atoms with Gasteiger partial charge in [0.15, 0.2) is 6.29 Å². The van der Waals surface area contributed by atoms with Gasteiger partial charge in [0, 0.05) is 18.8 Å². The fourth-order valence-corrected chi connectivity index (χ4v) is 4.39. The number of hydrogen-bond acceptors (Lipinski definition) is 5. The van der Waals surface area contributed by atoms with Crippen molar-refractivity contribution in [1.29, 1.82) is 0 Å². The Kier molecular flexibility index (Phi) is 9.47. The Bertz CT molecular complexity index is 930. The average molecular weight is 455 g/mol. The summed E-state index contributed by atoms with van der Waals surface area (Å²) in [7, 11) is -3.74. The van der Waals surface area contributed by atoms with E-state index in [4.69, 9.17) is 18.5 Å². The summed E-state index contributed by atoms with van der Waals surface area (Å²) in [5.74, 6) is 0. The molecule has 0 heterocycles. The summed E-state index contributed by atoms with van der Waals surface area (Å²) >= 11 is 0. The number of nitrogens with one attached hydrogen (secondary N) is 1. The third kappa shape index (κ3) is 7.30. The van der Waals surface area contributed by atoms with Crippen LogP contribution >= 0.6 is 7.75 Å². The first-order valence-corrected chi connectivity index (χ1v) is 12.2. The summed E-state index contributed by atoms with van der Waals surface area (Å²) in [6.45, 7) is 5.04. The van der Waals surface area contributed by atoms with E-state index in [2.05, 4.69) is 5.09 Å². The number of hydrogen-bond donors (Lipinski definition) is 1. The van der Waals surface area contributed by atoms with Crippen molar-refractivity contribution in [1.82, 2.24) is 0 Å². The number of anilines is 1. The van der Waals surface area contributed by atoms with Gasteiger partial charge in [-0.3, -0.25) is 14.1 Å². The van der Waals surface area contributed by atoms with Crippen LogP contribution in [0.1, 0.15) is 36.8 Å². The van der Waals surface area contributed by atoms with E-state index in [1.54, 1.807) is 0 Å². The minimum absolute atomic E-state index is 0.141. The quantitative estimate of drug-likeness (QED) is 0.228. The van der Waals surface area contributed by atoms with Gasteiger partial charge in [-0.25, -0.2) is 4.57 Å². The SMILES string of the molecule is CCOC(OCC)c1ccccc1NP(=O)(OCc1ccccc1)OCc1ccccc1. The van der Waals surface area contributed by atoms with Crippen molar-refractivity contribution in [2.45, 2.75) is 33.4 Å². The molecule has 1 N–H and O–H groups in total. The first-order chi connectivity index (χ1) is 15.6. The Labute approximate surface area is 190 Å². The first-order valence-electron chi connectivity index (χ1n) is 10.7. The maximum absolute atomic E-state index is 13.8. The normalized spacial score (nSPS) is 11.6. The molecule has 0 amide bonds. The minimum atomic E-state index is -3.74. The van der Waals surface area contributed by atoms with Gasteiger partial charge in [-0.05, 0) is 31.0 Å². The second-order valence-electron chi connectivity index (χ2n) is 6.96. The molecule has 0 saturated carbocycles. The topological polar surface area (TPSA) is 66.0 Å². The Hall–Kier alpha value is -2.47. The second-order valence-corrected chi connectivity index (χ2v) is 8.69. The molecule has 3 aromatic carbocycles. The lowest BCUT2D eigenvalue weighted by atomic mass is 10.2. The Morgan fingerprint density at radius 3 is 1.69 bits per heavy atom. The van der Waals surface area contributed by atoms with Crippen LogP contribution in [-0.2, 0) is 36.3 Å². The fraction of sp³-hybridized carbons (Fsp3) is 0.280. The van der Waals surface area contributed by atoms with Crippen LogP contribution in [0.25, 0.3) is 0 Å². The molecule has 7 heteroatoms. The molecule has 3 aromatic rings. The van der Waals surface area contributed by atoms with Crippen molar-refractivity contribution in [3.63, 3.8) is 0 Å². The molecule has 0 aliphatic carbocycles. The second kappa shape index (κ2) is 12.5. The average Bonchev–Trinajstić information content (AvgIpc) is 2.83. The molecule has 0 fully saturated rings. The summed E-state index contributed by atoms with van der Waals surface area (Å²) in [4.78, 5) is 0. The van der Waals surface area contributed by atoms with Crippen LogP contribution in [0.3, 0.4) is 0 Å². The summed E-state index contributed by atoms with van der Waals surface area (Å²) in [6, 6.07) is 26.5. The molecule has 6 nitrogen and oxygen atoms in total. The summed E-state index contributed by atoms with van der Waals surface area (Å²) in [5, 5.41) is 3.01. The highest BCUT2D eigenvalue weighted by molar-refractivity contribution is 7.55. The monoisotopic (exact) mass is 455 g/mol. The van der Waals surface area contributed by atoms with Gasteiger partial charge in [0.05, 0.1) is 18.9 Å². The lowest BCUT2D eigenvalue weighted by Crippen LogP contribution is -2.13. The largest absolute Gasteiger partial charge is 0.433 e. The van der Waals surface area contributed by atoms with Gasteiger partial charge in [-0.15, -0.1) is 0 Å². The molecule has 0 aromatic heterocycles. The maximum atomic E-state index is 13.8. The first kappa shape index (κ1) is 24.2. The Morgan fingerprint density at radius 1 is 0.719 bits per heavy atom. The van der Waals surface area contributed by atoms with E-state index in [1.807, 2.05) is 98.8 Å². The number of ether oxygens (including phenoxy) is 2. The highest BCUT2D eigenvalue weighted by Gasteiger charge is 2.28. The molecule has 0 bridgehead atoms. The van der Waals surface area contributed by atoms with Crippen molar-refractivity contribution in [3.05, 3.63) is 102 Å². The van der Waals surface area contributed by atoms with Crippen LogP contribution in [0.2, 0.25) is 0 Å². The van der Waals surface area contributed by atoms with E-state index >= 15 is 0 Å². The molecule has 0 saturated heterocycles. The molecule has 0 radical (unpaired) electrons. The van der Waals surface area contributed by atoms with Gasteiger partial charge in [0.1, 0.15) is 0 Å². The van der Waals surface area contributed by atoms with Crippen LogP contribution in [0, 0.1) is 0 Å². The zero-order valence-electron chi connectivity index (χ0n) is 18.5. The molecular formula is C25H30NO5P. The third-order valence-corrected chi connectivity index (χ3v) is 6.05. The van der Waals surface area contributed by atoms with Crippen LogP contribution < -0.4 is 5.09 Å². The lowest BCUT2D eigenvalue weighted by molar-refractivity contribution is -0.139. The van der Waals surface area contributed by atoms with Crippen LogP contribution in [0.15, 0.2) is 84.9 Å². The van der Waals surface area contributed by atoms with E-state index in [1.165, 1.54) is 0 Å². The molecule has 0 unspecified atom stereocenters. The van der Waals surface area contributed by atoms with Crippen LogP contribution in [0.4, 0.5) is 5.69 Å². The zero-order valence-corrected chi connectivity index (χ0v) is 19.4. The zero-order chi connectivity index (χ0) is 22.7. The van der Waals surface area contributed by atoms with Gasteiger partial charge in [0.25, 0.3) is 0 Å². The van der Waals surface area contributed by atoms with E-state index in [9.17, 15) is 4.57 Å². The van der Waals surface area contributed by atoms with Gasteiger partial charge in [-0.1, -0.05) is 78.9 Å². The predicted molar refractivity (Wildman–Crippen MR) is 126 cm³/mol. The smallest absolute Gasteiger partial charge is 0.349 e. The maximum Gasteiger partial charge on any atom is 0.433 e.